The number of nitrogens with one attached hydrogen (secondary N) is 2. The Morgan fingerprint density at radius 1 is 1.35 bits per heavy atom. The Labute approximate surface area is 110 Å². The van der Waals surface area contributed by atoms with Crippen molar-refractivity contribution in [3.8, 4) is 0 Å². The topological polar surface area (TPSA) is 126 Å². The molecule has 1 unspecified atom stereocenters. The molecule has 1 rings (SSSR count). The van der Waals surface area contributed by atoms with Gasteiger partial charge in [0.05, 0.1) is 0 Å². The van der Waals surface area contributed by atoms with Crippen molar-refractivity contribution in [2.75, 3.05) is 7.05 Å². The first-order valence-corrected chi connectivity index (χ1v) is 5.28. The Kier molecular flexibility index (Phi) is 4.67. The van der Waals surface area contributed by atoms with Crippen molar-refractivity contribution < 1.29 is 28.3 Å². The monoisotopic (exact) mass is 291 g/mol. The fraction of sp³-hybridized carbons (Fsp3) is 0.444. The van der Waals surface area contributed by atoms with E-state index in [0.29, 0.717) is 4.68 Å². The molecule has 11 heteroatoms. The minimum Gasteiger partial charge on any atom is -0.476 e. The van der Waals surface area contributed by atoms with Crippen molar-refractivity contribution in [3.05, 3.63) is 11.4 Å². The summed E-state index contributed by atoms with van der Waals surface area (Å²) in [6.07, 6.45) is -3.19. The number of carbonyl (C=O) groups excluding carboxylic acids is 2. The second-order valence-corrected chi connectivity index (χ2v) is 3.62. The van der Waals surface area contributed by atoms with Crippen LogP contribution < -0.4 is 10.6 Å². The molecule has 1 heterocycles. The van der Waals surface area contributed by atoms with Crippen LogP contribution in [0.4, 0.5) is 13.6 Å². The Morgan fingerprint density at radius 2 is 1.95 bits per heavy atom. The van der Waals surface area contributed by atoms with Gasteiger partial charge in [0.2, 0.25) is 0 Å². The second-order valence-electron chi connectivity index (χ2n) is 3.62. The first-order chi connectivity index (χ1) is 9.29. The number of halogens is 2. The van der Waals surface area contributed by atoms with Crippen molar-refractivity contribution in [2.24, 2.45) is 0 Å². The highest BCUT2D eigenvalue weighted by Crippen LogP contribution is 2.24. The Hall–Kier alpha value is -2.59. The summed E-state index contributed by atoms with van der Waals surface area (Å²) in [4.78, 5) is 33.3. The van der Waals surface area contributed by atoms with Crippen molar-refractivity contribution in [1.82, 2.24) is 25.6 Å². The third-order valence-electron chi connectivity index (χ3n) is 2.35. The van der Waals surface area contributed by atoms with Crippen LogP contribution in [0.5, 0.6) is 0 Å². The Morgan fingerprint density at radius 3 is 2.40 bits per heavy atom. The van der Waals surface area contributed by atoms with Crippen LogP contribution in [-0.4, -0.2) is 45.1 Å². The number of carboxylic acids is 1. The predicted octanol–water partition coefficient (Wildman–Crippen LogP) is -0.0695. The summed E-state index contributed by atoms with van der Waals surface area (Å²) < 4.78 is 26.2. The molecule has 1 aromatic heterocycles. The summed E-state index contributed by atoms with van der Waals surface area (Å²) in [5, 5.41) is 19.0. The molecule has 0 aliphatic heterocycles. The van der Waals surface area contributed by atoms with Crippen molar-refractivity contribution in [1.29, 1.82) is 0 Å². The molecule has 0 spiro atoms. The minimum absolute atomic E-state index is 0.465. The predicted molar refractivity (Wildman–Crippen MR) is 59.2 cm³/mol. The zero-order valence-corrected chi connectivity index (χ0v) is 10.4. The van der Waals surface area contributed by atoms with Gasteiger partial charge in [-0.25, -0.2) is 23.1 Å². The number of carbonyl (C=O) groups is 3. The van der Waals surface area contributed by atoms with Gasteiger partial charge in [0.1, 0.15) is 11.7 Å². The van der Waals surface area contributed by atoms with Crippen LogP contribution in [0.1, 0.15) is 35.6 Å². The highest BCUT2D eigenvalue weighted by atomic mass is 19.3. The van der Waals surface area contributed by atoms with E-state index in [0.717, 1.165) is 0 Å². The van der Waals surface area contributed by atoms with Crippen LogP contribution in [-0.2, 0) is 4.79 Å². The number of amides is 3. The number of rotatable bonds is 4. The first kappa shape index (κ1) is 15.5. The number of nitrogens with zero attached hydrogens (tertiary/aromatic N) is 3. The van der Waals surface area contributed by atoms with Crippen LogP contribution >= 0.6 is 0 Å². The molecule has 0 aliphatic rings. The second kappa shape index (κ2) is 6.04. The van der Waals surface area contributed by atoms with E-state index < -0.39 is 41.8 Å². The number of aromatic carboxylic acids is 1. The highest BCUT2D eigenvalue weighted by molar-refractivity contribution is 5.96. The smallest absolute Gasteiger partial charge is 0.358 e. The van der Waals surface area contributed by atoms with E-state index in [4.69, 9.17) is 5.11 Å². The number of hydrogen-bond donors (Lipinski definition) is 3. The molecule has 0 bridgehead atoms. The molecule has 1 atom stereocenters. The molecule has 20 heavy (non-hydrogen) atoms. The maximum Gasteiger partial charge on any atom is 0.358 e. The fourth-order valence-electron chi connectivity index (χ4n) is 1.33. The number of urea groups is 1. The standard InChI is InChI=1S/C9H11F2N5O4/c1-3(7(17)13-9(20)12-2)16-5(6(10)11)4(8(18)19)14-15-16/h3,6H,1-2H3,(H,18,19)(H2,12,13,17,20). The van der Waals surface area contributed by atoms with E-state index in [2.05, 4.69) is 15.6 Å². The van der Waals surface area contributed by atoms with E-state index in [1.165, 1.54) is 14.0 Å². The molecule has 0 radical (unpaired) electrons. The normalized spacial score (nSPS) is 12.1. The van der Waals surface area contributed by atoms with Gasteiger partial charge in [-0.2, -0.15) is 0 Å². The quantitative estimate of drug-likeness (QED) is 0.712. The summed E-state index contributed by atoms with van der Waals surface area (Å²) in [6, 6.07) is -2.17. The van der Waals surface area contributed by atoms with Crippen molar-refractivity contribution in [2.45, 2.75) is 19.4 Å². The Balaban J connectivity index is 3.10. The van der Waals surface area contributed by atoms with Gasteiger partial charge in [0.25, 0.3) is 12.3 Å². The van der Waals surface area contributed by atoms with E-state index in [-0.39, 0.29) is 0 Å². The fourth-order valence-corrected chi connectivity index (χ4v) is 1.33. The van der Waals surface area contributed by atoms with Gasteiger partial charge in [-0.05, 0) is 6.92 Å². The molecule has 1 aromatic rings. The summed E-state index contributed by atoms with van der Waals surface area (Å²) >= 11 is 0. The summed E-state index contributed by atoms with van der Waals surface area (Å²) in [5.74, 6) is -2.63. The van der Waals surface area contributed by atoms with Crippen LogP contribution in [0.3, 0.4) is 0 Å². The highest BCUT2D eigenvalue weighted by Gasteiger charge is 2.31. The van der Waals surface area contributed by atoms with Crippen LogP contribution in [0, 0.1) is 0 Å². The van der Waals surface area contributed by atoms with Gasteiger partial charge in [-0.15, -0.1) is 5.10 Å². The van der Waals surface area contributed by atoms with Crippen LogP contribution in [0.25, 0.3) is 0 Å². The molecular weight excluding hydrogens is 280 g/mol. The lowest BCUT2D eigenvalue weighted by molar-refractivity contribution is -0.123. The molecule has 0 saturated carbocycles. The van der Waals surface area contributed by atoms with Gasteiger partial charge in [-0.1, -0.05) is 5.21 Å². The SMILES string of the molecule is CNC(=O)NC(=O)C(C)n1nnc(C(=O)O)c1C(F)F. The molecule has 3 amide bonds. The van der Waals surface area contributed by atoms with Gasteiger partial charge in [-0.3, -0.25) is 10.1 Å². The lowest BCUT2D eigenvalue weighted by atomic mass is 10.2. The van der Waals surface area contributed by atoms with Crippen molar-refractivity contribution in [3.63, 3.8) is 0 Å². The van der Waals surface area contributed by atoms with E-state index in [9.17, 15) is 23.2 Å². The lowest BCUT2D eigenvalue weighted by Crippen LogP contribution is -2.41. The summed E-state index contributed by atoms with van der Waals surface area (Å²) in [5.41, 5.74) is -1.95. The number of carboxylic acid groups (broad SMARTS) is 1. The lowest BCUT2D eigenvalue weighted by Gasteiger charge is -2.13. The van der Waals surface area contributed by atoms with E-state index in [1.54, 1.807) is 0 Å². The summed E-state index contributed by atoms with van der Waals surface area (Å²) in [7, 11) is 1.26. The molecule has 110 valence electrons. The van der Waals surface area contributed by atoms with Gasteiger partial charge in [0.15, 0.2) is 5.69 Å². The average molecular weight is 291 g/mol. The third kappa shape index (κ3) is 3.05. The van der Waals surface area contributed by atoms with Crippen LogP contribution in [0.2, 0.25) is 0 Å². The Bertz CT molecular complexity index is 544. The first-order valence-electron chi connectivity index (χ1n) is 5.28. The maximum atomic E-state index is 12.9. The van der Waals surface area contributed by atoms with Gasteiger partial charge >= 0.3 is 12.0 Å². The largest absolute Gasteiger partial charge is 0.476 e. The van der Waals surface area contributed by atoms with E-state index >= 15 is 0 Å². The number of aromatic nitrogens is 3. The maximum absolute atomic E-state index is 12.9. The molecule has 3 N–H and O–H groups in total. The zero-order valence-electron chi connectivity index (χ0n) is 10.4. The van der Waals surface area contributed by atoms with Gasteiger partial charge < -0.3 is 10.4 Å². The summed E-state index contributed by atoms with van der Waals surface area (Å²) in [6.45, 7) is 1.17. The number of alkyl halides is 2. The average Bonchev–Trinajstić information content (AvgIpc) is 2.82. The molecule has 0 aromatic carbocycles. The van der Waals surface area contributed by atoms with Gasteiger partial charge in [0, 0.05) is 7.05 Å². The number of hydrogen-bond acceptors (Lipinski definition) is 5. The van der Waals surface area contributed by atoms with Crippen LogP contribution in [0.15, 0.2) is 0 Å². The third-order valence-corrected chi connectivity index (χ3v) is 2.35. The molecule has 9 nitrogen and oxygen atoms in total. The molecular formula is C9H11F2N5O4. The molecule has 0 aliphatic carbocycles. The zero-order chi connectivity index (χ0) is 15.4. The molecule has 0 fully saturated rings. The van der Waals surface area contributed by atoms with Crippen molar-refractivity contribution >= 4 is 17.9 Å². The molecule has 0 saturated heterocycles. The number of imide groups is 1. The van der Waals surface area contributed by atoms with E-state index in [1.807, 2.05) is 5.32 Å². The minimum atomic E-state index is -3.19.